The summed E-state index contributed by atoms with van der Waals surface area (Å²) >= 11 is 0. The molecule has 144 valence electrons. The predicted molar refractivity (Wildman–Crippen MR) is 101 cm³/mol. The Morgan fingerprint density at radius 3 is 2.44 bits per heavy atom. The summed E-state index contributed by atoms with van der Waals surface area (Å²) in [5.74, 6) is 1.74. The molecule has 2 fully saturated rings. The third-order valence-electron chi connectivity index (χ3n) is 5.48. The van der Waals surface area contributed by atoms with Gasteiger partial charge in [0.15, 0.2) is 0 Å². The Morgan fingerprint density at radius 2 is 1.93 bits per heavy atom. The van der Waals surface area contributed by atoms with Crippen LogP contribution >= 0.6 is 0 Å². The van der Waals surface area contributed by atoms with E-state index < -0.39 is 5.60 Å². The molecule has 0 bridgehead atoms. The summed E-state index contributed by atoms with van der Waals surface area (Å²) in [6.07, 6.45) is 2.70. The van der Waals surface area contributed by atoms with E-state index in [1.54, 1.807) is 4.68 Å². The Kier molecular flexibility index (Phi) is 4.20. The van der Waals surface area contributed by atoms with Gasteiger partial charge in [0.05, 0.1) is 17.1 Å². The molecular formula is C20H27N5O2. The molecule has 1 saturated carbocycles. The number of aryl methyl sites for hydroxylation is 2. The maximum Gasteiger partial charge on any atom is 0.410 e. The fourth-order valence-corrected chi connectivity index (χ4v) is 4.13. The summed E-state index contributed by atoms with van der Waals surface area (Å²) in [5, 5.41) is 13.2. The minimum Gasteiger partial charge on any atom is -0.444 e. The molecule has 0 aromatic carbocycles. The Morgan fingerprint density at radius 1 is 1.22 bits per heavy atom. The maximum absolute atomic E-state index is 12.2. The van der Waals surface area contributed by atoms with Crippen molar-refractivity contribution in [2.45, 2.75) is 39.7 Å². The van der Waals surface area contributed by atoms with E-state index in [0.717, 1.165) is 42.2 Å². The molecule has 27 heavy (non-hydrogen) atoms. The molecule has 1 unspecified atom stereocenters. The van der Waals surface area contributed by atoms with Crippen molar-refractivity contribution in [2.75, 3.05) is 13.1 Å². The number of amides is 1. The van der Waals surface area contributed by atoms with Gasteiger partial charge in [-0.05, 0) is 64.0 Å². The second kappa shape index (κ2) is 6.32. The first-order chi connectivity index (χ1) is 12.7. The van der Waals surface area contributed by atoms with E-state index in [-0.39, 0.29) is 6.09 Å². The Bertz CT molecular complexity index is 840. The standard InChI is InChI=1S/C20H27N5O2/c1-12-15(9-24(5)23-12)18-7-6-13(21-22-18)8-14-16-10-25(11-17(14)16)19(26)27-20(2,3)4/h6-7,9,14,16-17H,8,10-11H2,1-5H3/t14?,16-,17+. The first-order valence-electron chi connectivity index (χ1n) is 9.52. The number of carbonyl (C=O) groups excluding carboxylic acids is 1. The zero-order valence-electron chi connectivity index (χ0n) is 16.6. The van der Waals surface area contributed by atoms with Gasteiger partial charge in [-0.2, -0.15) is 15.3 Å². The molecule has 0 radical (unpaired) electrons. The van der Waals surface area contributed by atoms with Gasteiger partial charge >= 0.3 is 6.09 Å². The summed E-state index contributed by atoms with van der Waals surface area (Å²) in [6.45, 7) is 9.28. The van der Waals surface area contributed by atoms with Crippen LogP contribution in [-0.4, -0.2) is 49.7 Å². The van der Waals surface area contributed by atoms with Gasteiger partial charge in [0, 0.05) is 31.9 Å². The van der Waals surface area contributed by atoms with Crippen molar-refractivity contribution in [3.05, 3.63) is 29.7 Å². The second-order valence-electron chi connectivity index (χ2n) is 8.79. The number of carbonyl (C=O) groups is 1. The molecule has 3 heterocycles. The van der Waals surface area contributed by atoms with Crippen LogP contribution in [0.25, 0.3) is 11.3 Å². The van der Waals surface area contributed by atoms with Crippen molar-refractivity contribution in [2.24, 2.45) is 24.8 Å². The highest BCUT2D eigenvalue weighted by Crippen LogP contribution is 2.53. The Hall–Kier alpha value is -2.44. The van der Waals surface area contributed by atoms with E-state index in [9.17, 15) is 4.79 Å². The van der Waals surface area contributed by atoms with Crippen molar-refractivity contribution >= 4 is 6.09 Å². The molecule has 1 saturated heterocycles. The third-order valence-corrected chi connectivity index (χ3v) is 5.48. The minimum atomic E-state index is -0.437. The molecular weight excluding hydrogens is 342 g/mol. The van der Waals surface area contributed by atoms with Gasteiger partial charge in [-0.25, -0.2) is 4.79 Å². The molecule has 2 aliphatic rings. The summed E-state index contributed by atoms with van der Waals surface area (Å²) in [7, 11) is 1.91. The normalized spacial score (nSPS) is 24.0. The van der Waals surface area contributed by atoms with Crippen LogP contribution in [0, 0.1) is 24.7 Å². The smallest absolute Gasteiger partial charge is 0.410 e. The van der Waals surface area contributed by atoms with Crippen LogP contribution in [0.5, 0.6) is 0 Å². The lowest BCUT2D eigenvalue weighted by Crippen LogP contribution is -2.37. The first kappa shape index (κ1) is 17.9. The van der Waals surface area contributed by atoms with Crippen molar-refractivity contribution in [1.29, 1.82) is 0 Å². The Labute approximate surface area is 159 Å². The number of likely N-dealkylation sites (tertiary alicyclic amines) is 1. The number of hydrogen-bond donors (Lipinski definition) is 0. The number of fused-ring (bicyclic) bond motifs is 1. The third kappa shape index (κ3) is 3.68. The zero-order valence-corrected chi connectivity index (χ0v) is 16.6. The predicted octanol–water partition coefficient (Wildman–Crippen LogP) is 2.84. The SMILES string of the molecule is Cc1nn(C)cc1-c1ccc(CC2[C@H]3CN(C(=O)OC(C)(C)C)C[C@@H]23)nn1. The van der Waals surface area contributed by atoms with Gasteiger partial charge < -0.3 is 9.64 Å². The van der Waals surface area contributed by atoms with Gasteiger partial charge in [-0.3, -0.25) is 4.68 Å². The monoisotopic (exact) mass is 369 g/mol. The van der Waals surface area contributed by atoms with Crippen LogP contribution in [0.2, 0.25) is 0 Å². The van der Waals surface area contributed by atoms with E-state index in [2.05, 4.69) is 21.4 Å². The molecule has 1 amide bonds. The quantitative estimate of drug-likeness (QED) is 0.832. The molecule has 3 atom stereocenters. The molecule has 2 aromatic heterocycles. The fraction of sp³-hybridized carbons (Fsp3) is 0.600. The topological polar surface area (TPSA) is 73.1 Å². The summed E-state index contributed by atoms with van der Waals surface area (Å²) < 4.78 is 7.26. The Balaban J connectivity index is 1.32. The van der Waals surface area contributed by atoms with Crippen LogP contribution in [0.1, 0.15) is 32.2 Å². The minimum absolute atomic E-state index is 0.190. The van der Waals surface area contributed by atoms with E-state index >= 15 is 0 Å². The van der Waals surface area contributed by atoms with Gasteiger partial charge in [0.1, 0.15) is 5.60 Å². The van der Waals surface area contributed by atoms with E-state index in [4.69, 9.17) is 4.74 Å². The number of aromatic nitrogens is 4. The van der Waals surface area contributed by atoms with Crippen molar-refractivity contribution in [1.82, 2.24) is 24.9 Å². The van der Waals surface area contributed by atoms with E-state index in [1.165, 1.54) is 0 Å². The lowest BCUT2D eigenvalue weighted by molar-refractivity contribution is 0.0265. The van der Waals surface area contributed by atoms with Gasteiger partial charge in [-0.1, -0.05) is 0 Å². The van der Waals surface area contributed by atoms with Crippen LogP contribution in [0.4, 0.5) is 4.79 Å². The highest BCUT2D eigenvalue weighted by atomic mass is 16.6. The molecule has 7 heteroatoms. The average molecular weight is 369 g/mol. The number of hydrogen-bond acceptors (Lipinski definition) is 5. The molecule has 2 aromatic rings. The van der Waals surface area contributed by atoms with Crippen molar-refractivity contribution in [3.8, 4) is 11.3 Å². The highest BCUT2D eigenvalue weighted by molar-refractivity contribution is 5.69. The number of rotatable bonds is 3. The van der Waals surface area contributed by atoms with Gasteiger partial charge in [0.25, 0.3) is 0 Å². The lowest BCUT2D eigenvalue weighted by Gasteiger charge is -2.25. The zero-order chi connectivity index (χ0) is 19.3. The number of piperidine rings is 1. The molecule has 0 spiro atoms. The molecule has 4 rings (SSSR count). The molecule has 0 N–H and O–H groups in total. The largest absolute Gasteiger partial charge is 0.444 e. The number of nitrogens with zero attached hydrogens (tertiary/aromatic N) is 5. The molecule has 1 aliphatic carbocycles. The summed E-state index contributed by atoms with van der Waals surface area (Å²) in [6, 6.07) is 4.09. The van der Waals surface area contributed by atoms with Crippen LogP contribution in [0.3, 0.4) is 0 Å². The maximum atomic E-state index is 12.2. The second-order valence-corrected chi connectivity index (χ2v) is 8.79. The van der Waals surface area contributed by atoms with Crippen LogP contribution in [0.15, 0.2) is 18.3 Å². The molecule has 7 nitrogen and oxygen atoms in total. The van der Waals surface area contributed by atoms with Crippen molar-refractivity contribution in [3.63, 3.8) is 0 Å². The highest BCUT2D eigenvalue weighted by Gasteiger charge is 2.56. The van der Waals surface area contributed by atoms with Crippen LogP contribution in [-0.2, 0) is 18.2 Å². The average Bonchev–Trinajstić information content (AvgIpc) is 2.93. The van der Waals surface area contributed by atoms with Gasteiger partial charge in [0.2, 0.25) is 0 Å². The summed E-state index contributed by atoms with van der Waals surface area (Å²) in [4.78, 5) is 14.0. The fourth-order valence-electron chi connectivity index (χ4n) is 4.13. The first-order valence-corrected chi connectivity index (χ1v) is 9.52. The van der Waals surface area contributed by atoms with Gasteiger partial charge in [-0.15, -0.1) is 0 Å². The number of ether oxygens (including phenoxy) is 1. The van der Waals surface area contributed by atoms with Crippen molar-refractivity contribution < 1.29 is 9.53 Å². The molecule has 1 aliphatic heterocycles. The van der Waals surface area contributed by atoms with E-state index in [1.807, 2.05) is 51.9 Å². The van der Waals surface area contributed by atoms with E-state index in [0.29, 0.717) is 17.8 Å². The van der Waals surface area contributed by atoms with Crippen LogP contribution < -0.4 is 0 Å². The lowest BCUT2D eigenvalue weighted by atomic mass is 10.1. The summed E-state index contributed by atoms with van der Waals surface area (Å²) in [5.41, 5.74) is 3.42.